The van der Waals surface area contributed by atoms with Crippen LogP contribution in [0.1, 0.15) is 47.2 Å². The number of H-pyrrole nitrogens is 1. The minimum atomic E-state index is -0.495. The molecule has 0 saturated heterocycles. The molecule has 14 rings (SSSR count). The van der Waals surface area contributed by atoms with E-state index in [9.17, 15) is 0 Å². The second-order valence-electron chi connectivity index (χ2n) is 18.9. The zero-order valence-electron chi connectivity index (χ0n) is 36.8. The summed E-state index contributed by atoms with van der Waals surface area (Å²) in [5.41, 5.74) is 26.0. The minimum absolute atomic E-state index is 0.0431. The average molecular weight is 841 g/mol. The van der Waals surface area contributed by atoms with E-state index in [4.69, 9.17) is 0 Å². The number of hydrogen-bond acceptors (Lipinski definition) is 1. The fourth-order valence-corrected chi connectivity index (χ4v) is 12.3. The van der Waals surface area contributed by atoms with Crippen molar-refractivity contribution < 1.29 is 0 Å². The molecule has 0 saturated carbocycles. The van der Waals surface area contributed by atoms with Crippen LogP contribution in [0.15, 0.2) is 224 Å². The average Bonchev–Trinajstić information content (AvgIpc) is 4.06. The number of fused-ring (bicyclic) bond motifs is 16. The van der Waals surface area contributed by atoms with Gasteiger partial charge in [-0.2, -0.15) is 0 Å². The first kappa shape index (κ1) is 37.2. The second-order valence-corrected chi connectivity index (χ2v) is 18.9. The van der Waals surface area contributed by atoms with E-state index in [0.717, 1.165) is 16.9 Å². The highest BCUT2D eigenvalue weighted by Crippen LogP contribution is 2.65. The first-order chi connectivity index (χ1) is 32.5. The van der Waals surface area contributed by atoms with Gasteiger partial charge in [0.25, 0.3) is 0 Å². The molecule has 1 heterocycles. The zero-order valence-corrected chi connectivity index (χ0v) is 36.8. The maximum absolute atomic E-state index is 3.78. The van der Waals surface area contributed by atoms with Gasteiger partial charge in [-0.1, -0.05) is 184 Å². The van der Waals surface area contributed by atoms with E-state index in [1.165, 1.54) is 111 Å². The van der Waals surface area contributed by atoms with Gasteiger partial charge in [-0.25, -0.2) is 0 Å². The third-order valence-corrected chi connectivity index (χ3v) is 15.2. The van der Waals surface area contributed by atoms with Crippen LogP contribution in [0.3, 0.4) is 0 Å². The molecule has 11 aromatic rings. The molecule has 0 fully saturated rings. The Morgan fingerprint density at radius 3 is 1.42 bits per heavy atom. The summed E-state index contributed by atoms with van der Waals surface area (Å²) in [5, 5.41) is 2.52. The van der Waals surface area contributed by atoms with Crippen LogP contribution in [0.4, 0.5) is 17.1 Å². The molecule has 0 unspecified atom stereocenters. The predicted octanol–water partition coefficient (Wildman–Crippen LogP) is 16.8. The molecule has 2 heteroatoms. The van der Waals surface area contributed by atoms with Crippen LogP contribution in [0.2, 0.25) is 0 Å². The van der Waals surface area contributed by atoms with Crippen molar-refractivity contribution in [3.05, 3.63) is 258 Å². The molecule has 1 spiro atoms. The van der Waals surface area contributed by atoms with Gasteiger partial charge in [-0.05, 0) is 138 Å². The molecule has 0 amide bonds. The van der Waals surface area contributed by atoms with Crippen LogP contribution in [-0.4, -0.2) is 4.98 Å². The van der Waals surface area contributed by atoms with Crippen molar-refractivity contribution in [1.82, 2.24) is 4.98 Å². The summed E-state index contributed by atoms with van der Waals surface area (Å²) in [6, 6.07) is 83.9. The van der Waals surface area contributed by atoms with Crippen molar-refractivity contribution in [1.29, 1.82) is 0 Å². The third-order valence-electron chi connectivity index (χ3n) is 15.2. The van der Waals surface area contributed by atoms with Gasteiger partial charge in [-0.15, -0.1) is 0 Å². The number of nitrogens with one attached hydrogen (secondary N) is 1. The van der Waals surface area contributed by atoms with Gasteiger partial charge >= 0.3 is 0 Å². The standard InChI is InChI=1S/C64H44N2/c1-63(2)54-22-10-6-20-49(54)51-38-53-52-37-43(31-36-59(52)65-60(53)39-58(51)63)42-29-34-45(35-30-42)66(44-32-27-41(28-33-44)40-15-4-3-5-16-40)61-26-14-21-50-48-19-9-13-25-57(48)64(62(50)61)55-23-11-7-17-46(55)47-18-8-12-24-56(47)64/h3-39,65H,1-2H3. The Balaban J connectivity index is 0.943. The van der Waals surface area contributed by atoms with Crippen molar-refractivity contribution >= 4 is 38.9 Å². The van der Waals surface area contributed by atoms with Crippen molar-refractivity contribution in [3.8, 4) is 55.6 Å². The highest BCUT2D eigenvalue weighted by molar-refractivity contribution is 6.11. The summed E-state index contributed by atoms with van der Waals surface area (Å²) in [5.74, 6) is 0. The smallest absolute Gasteiger partial charge is 0.0746 e. The molecule has 310 valence electrons. The van der Waals surface area contributed by atoms with Gasteiger partial charge in [-0.3, -0.25) is 0 Å². The maximum Gasteiger partial charge on any atom is 0.0746 e. The van der Waals surface area contributed by atoms with Crippen LogP contribution >= 0.6 is 0 Å². The number of benzene rings is 10. The second kappa shape index (κ2) is 13.7. The van der Waals surface area contributed by atoms with E-state index in [0.29, 0.717) is 0 Å². The molecule has 3 aliphatic rings. The van der Waals surface area contributed by atoms with E-state index < -0.39 is 5.41 Å². The third kappa shape index (κ3) is 5.01. The molecular formula is C64H44N2. The quantitative estimate of drug-likeness (QED) is 0.183. The summed E-state index contributed by atoms with van der Waals surface area (Å²) >= 11 is 0. The number of rotatable bonds is 5. The Bertz CT molecular complexity index is 3710. The van der Waals surface area contributed by atoms with Crippen LogP contribution < -0.4 is 4.90 Å². The fraction of sp³-hybridized carbons (Fsp3) is 0.0625. The zero-order chi connectivity index (χ0) is 43.7. The van der Waals surface area contributed by atoms with Crippen molar-refractivity contribution in [2.45, 2.75) is 24.7 Å². The Morgan fingerprint density at radius 1 is 0.333 bits per heavy atom. The maximum atomic E-state index is 3.78. The van der Waals surface area contributed by atoms with Gasteiger partial charge in [0.1, 0.15) is 0 Å². The Kier molecular flexibility index (Phi) is 7.70. The Morgan fingerprint density at radius 2 is 0.803 bits per heavy atom. The van der Waals surface area contributed by atoms with Gasteiger partial charge in [0.15, 0.2) is 0 Å². The van der Waals surface area contributed by atoms with Gasteiger partial charge in [0.2, 0.25) is 0 Å². The first-order valence-electron chi connectivity index (χ1n) is 23.2. The lowest BCUT2D eigenvalue weighted by molar-refractivity contribution is 0.661. The summed E-state index contributed by atoms with van der Waals surface area (Å²) in [7, 11) is 0. The fourth-order valence-electron chi connectivity index (χ4n) is 12.3. The number of anilines is 3. The summed E-state index contributed by atoms with van der Waals surface area (Å²) in [6.07, 6.45) is 0. The van der Waals surface area contributed by atoms with E-state index >= 15 is 0 Å². The molecule has 0 atom stereocenters. The highest BCUT2D eigenvalue weighted by atomic mass is 15.1. The summed E-state index contributed by atoms with van der Waals surface area (Å²) in [6.45, 7) is 4.70. The molecule has 2 nitrogen and oxygen atoms in total. The Hall–Kier alpha value is -8.20. The molecule has 0 bridgehead atoms. The molecule has 66 heavy (non-hydrogen) atoms. The van der Waals surface area contributed by atoms with Crippen molar-refractivity contribution in [2.24, 2.45) is 0 Å². The minimum Gasteiger partial charge on any atom is -0.355 e. The molecule has 3 aliphatic carbocycles. The first-order valence-corrected chi connectivity index (χ1v) is 23.2. The van der Waals surface area contributed by atoms with E-state index in [2.05, 4.69) is 248 Å². The number of aromatic nitrogens is 1. The lowest BCUT2D eigenvalue weighted by Crippen LogP contribution is -2.28. The molecule has 0 aliphatic heterocycles. The predicted molar refractivity (Wildman–Crippen MR) is 275 cm³/mol. The van der Waals surface area contributed by atoms with Gasteiger partial charge in [0.05, 0.1) is 11.1 Å². The highest BCUT2D eigenvalue weighted by Gasteiger charge is 2.53. The molecule has 1 aromatic heterocycles. The van der Waals surface area contributed by atoms with Crippen molar-refractivity contribution in [2.75, 3.05) is 4.90 Å². The normalized spacial score (nSPS) is 14.2. The van der Waals surface area contributed by atoms with E-state index in [1.807, 2.05) is 0 Å². The summed E-state index contributed by atoms with van der Waals surface area (Å²) in [4.78, 5) is 6.28. The number of aromatic amines is 1. The lowest BCUT2D eigenvalue weighted by Gasteiger charge is -2.36. The lowest BCUT2D eigenvalue weighted by atomic mass is 9.70. The van der Waals surface area contributed by atoms with Crippen LogP contribution in [0.25, 0.3) is 77.4 Å². The van der Waals surface area contributed by atoms with Crippen molar-refractivity contribution in [3.63, 3.8) is 0 Å². The van der Waals surface area contributed by atoms with E-state index in [1.54, 1.807) is 0 Å². The summed E-state index contributed by atoms with van der Waals surface area (Å²) < 4.78 is 0. The SMILES string of the molecule is CC1(C)c2ccccc2-c2cc3c(cc21)[nH]c1ccc(-c2ccc(N(c4ccc(-c5ccccc5)cc4)c4cccc5c4C4(c6ccccc6-c6ccccc64)c4ccccc4-5)cc2)cc13. The van der Waals surface area contributed by atoms with Crippen LogP contribution in [-0.2, 0) is 10.8 Å². The van der Waals surface area contributed by atoms with Gasteiger partial charge in [0, 0.05) is 44.2 Å². The molecule has 10 aromatic carbocycles. The Labute approximate surface area is 385 Å². The number of nitrogens with zero attached hydrogens (tertiary/aromatic N) is 1. The molecular weight excluding hydrogens is 797 g/mol. The topological polar surface area (TPSA) is 19.0 Å². The largest absolute Gasteiger partial charge is 0.355 e. The van der Waals surface area contributed by atoms with Gasteiger partial charge < -0.3 is 9.88 Å². The number of hydrogen-bond donors (Lipinski definition) is 1. The molecule has 0 radical (unpaired) electrons. The van der Waals surface area contributed by atoms with E-state index in [-0.39, 0.29) is 5.41 Å². The van der Waals surface area contributed by atoms with Crippen LogP contribution in [0, 0.1) is 0 Å². The monoisotopic (exact) mass is 840 g/mol. The molecule has 1 N–H and O–H groups in total. The van der Waals surface area contributed by atoms with Crippen LogP contribution in [0.5, 0.6) is 0 Å².